The van der Waals surface area contributed by atoms with Gasteiger partial charge >= 0.3 is 5.97 Å². The summed E-state index contributed by atoms with van der Waals surface area (Å²) in [5, 5.41) is 9.80. The van der Waals surface area contributed by atoms with Gasteiger partial charge in [0, 0.05) is 17.8 Å². The van der Waals surface area contributed by atoms with Crippen molar-refractivity contribution < 1.29 is 31.9 Å². The van der Waals surface area contributed by atoms with Crippen LogP contribution in [0, 0.1) is 11.6 Å². The Balaban J connectivity index is 1.75. The summed E-state index contributed by atoms with van der Waals surface area (Å²) in [5.74, 6) is -5.15. The fourth-order valence-electron chi connectivity index (χ4n) is 3.11. The largest absolute Gasteiger partial charge is 0.478 e. The lowest BCUT2D eigenvalue weighted by Gasteiger charge is -2.13. The van der Waals surface area contributed by atoms with E-state index in [-0.39, 0.29) is 11.2 Å². The van der Waals surface area contributed by atoms with Crippen LogP contribution in [0.15, 0.2) is 65.8 Å². The summed E-state index contributed by atoms with van der Waals surface area (Å²) in [7, 11) is -4.46. The van der Waals surface area contributed by atoms with Gasteiger partial charge in [0.2, 0.25) is 0 Å². The van der Waals surface area contributed by atoms with Gasteiger partial charge in [-0.3, -0.25) is 14.1 Å². The molecule has 0 saturated carbocycles. The van der Waals surface area contributed by atoms with Crippen molar-refractivity contribution >= 4 is 50.2 Å². The van der Waals surface area contributed by atoms with E-state index in [1.807, 2.05) is 4.72 Å². The minimum atomic E-state index is -4.46. The molecule has 0 unspecified atom stereocenters. The van der Waals surface area contributed by atoms with Crippen molar-refractivity contribution in [3.63, 3.8) is 0 Å². The van der Waals surface area contributed by atoms with E-state index in [0.29, 0.717) is 10.4 Å². The first-order valence-corrected chi connectivity index (χ1v) is 11.0. The molecule has 0 aliphatic heterocycles. The van der Waals surface area contributed by atoms with Crippen LogP contribution in [0.3, 0.4) is 0 Å². The van der Waals surface area contributed by atoms with Crippen molar-refractivity contribution in [2.75, 3.05) is 4.72 Å². The van der Waals surface area contributed by atoms with E-state index in [4.69, 9.17) is 16.7 Å². The Morgan fingerprint density at radius 2 is 1.85 bits per heavy atom. The number of aromatic nitrogens is 2. The maximum atomic E-state index is 15.2. The number of fused-ring (bicyclic) bond motifs is 1. The highest BCUT2D eigenvalue weighted by molar-refractivity contribution is 7.92. The minimum Gasteiger partial charge on any atom is -0.478 e. The lowest BCUT2D eigenvalue weighted by molar-refractivity contribution is 0.0696. The van der Waals surface area contributed by atoms with Crippen LogP contribution in [0.4, 0.5) is 14.5 Å². The molecule has 8 nitrogen and oxygen atoms in total. The Morgan fingerprint density at radius 1 is 1.09 bits per heavy atom. The van der Waals surface area contributed by atoms with Crippen molar-refractivity contribution in [1.82, 2.24) is 9.55 Å². The predicted molar refractivity (Wildman–Crippen MR) is 115 cm³/mol. The van der Waals surface area contributed by atoms with Crippen molar-refractivity contribution in [2.24, 2.45) is 0 Å². The van der Waals surface area contributed by atoms with Crippen LogP contribution < -0.4 is 4.72 Å². The second-order valence-corrected chi connectivity index (χ2v) is 8.90. The number of anilines is 1. The van der Waals surface area contributed by atoms with Gasteiger partial charge in [0.25, 0.3) is 15.9 Å². The van der Waals surface area contributed by atoms with Gasteiger partial charge in [-0.1, -0.05) is 17.7 Å². The Hall–Kier alpha value is -3.83. The molecule has 0 aliphatic carbocycles. The molecule has 0 saturated heterocycles. The molecule has 168 valence electrons. The van der Waals surface area contributed by atoms with Crippen molar-refractivity contribution in [3.8, 4) is 0 Å². The van der Waals surface area contributed by atoms with Crippen LogP contribution >= 0.6 is 11.6 Å². The van der Waals surface area contributed by atoms with Crippen LogP contribution in [0.1, 0.15) is 20.7 Å². The summed E-state index contributed by atoms with van der Waals surface area (Å²) in [5.41, 5.74) is -1.92. The van der Waals surface area contributed by atoms with E-state index in [9.17, 15) is 22.4 Å². The van der Waals surface area contributed by atoms with Crippen LogP contribution in [-0.4, -0.2) is 35.0 Å². The number of carboxylic acids is 1. The van der Waals surface area contributed by atoms with Crippen LogP contribution in [0.2, 0.25) is 5.02 Å². The fourth-order valence-corrected chi connectivity index (χ4v) is 4.38. The number of sulfonamides is 1. The smallest absolute Gasteiger partial charge is 0.335 e. The van der Waals surface area contributed by atoms with Gasteiger partial charge in [-0.05, 0) is 42.5 Å². The highest BCUT2D eigenvalue weighted by Crippen LogP contribution is 2.27. The zero-order valence-electron chi connectivity index (χ0n) is 16.3. The number of benzene rings is 2. The molecular formula is C21H12ClF2N3O5S. The van der Waals surface area contributed by atoms with Crippen molar-refractivity contribution in [3.05, 3.63) is 88.7 Å². The summed E-state index contributed by atoms with van der Waals surface area (Å²) in [6.07, 6.45) is 2.51. The maximum absolute atomic E-state index is 15.2. The van der Waals surface area contributed by atoms with E-state index in [1.54, 1.807) is 0 Å². The molecule has 2 heterocycles. The number of hydrogen-bond donors (Lipinski definition) is 2. The summed E-state index contributed by atoms with van der Waals surface area (Å²) in [4.78, 5) is 27.6. The Labute approximate surface area is 190 Å². The Bertz CT molecular complexity index is 1550. The monoisotopic (exact) mass is 491 g/mol. The summed E-state index contributed by atoms with van der Waals surface area (Å²) in [6, 6.07) is 8.89. The molecule has 0 radical (unpaired) electrons. The molecule has 0 fully saturated rings. The second-order valence-electron chi connectivity index (χ2n) is 6.78. The SMILES string of the molecule is O=C(O)c1cccc(S(=O)(=O)Nc2ccc(F)c(C(=O)n3ccc4cc(Cl)cnc43)c2F)c1. The number of carboxylic acid groups (broad SMARTS) is 1. The number of carbonyl (C=O) groups is 2. The first-order valence-electron chi connectivity index (χ1n) is 9.10. The van der Waals surface area contributed by atoms with E-state index < -0.39 is 49.7 Å². The van der Waals surface area contributed by atoms with Gasteiger partial charge < -0.3 is 5.11 Å². The summed E-state index contributed by atoms with van der Waals surface area (Å²) < 4.78 is 57.8. The second kappa shape index (κ2) is 8.26. The normalized spacial score (nSPS) is 11.5. The summed E-state index contributed by atoms with van der Waals surface area (Å²) >= 11 is 5.86. The van der Waals surface area contributed by atoms with Gasteiger partial charge in [-0.15, -0.1) is 0 Å². The Morgan fingerprint density at radius 3 is 2.58 bits per heavy atom. The number of pyridine rings is 1. The third-order valence-electron chi connectivity index (χ3n) is 4.65. The molecular weight excluding hydrogens is 480 g/mol. The molecule has 12 heteroatoms. The minimum absolute atomic E-state index is 0.0969. The molecule has 0 spiro atoms. The molecule has 0 atom stereocenters. The third-order valence-corrected chi connectivity index (χ3v) is 6.22. The molecule has 2 N–H and O–H groups in total. The van der Waals surface area contributed by atoms with Crippen LogP contribution in [0.5, 0.6) is 0 Å². The molecule has 2 aromatic carbocycles. The van der Waals surface area contributed by atoms with E-state index in [2.05, 4.69) is 4.98 Å². The number of hydrogen-bond acceptors (Lipinski definition) is 5. The van der Waals surface area contributed by atoms with Gasteiger partial charge in [0.15, 0.2) is 5.82 Å². The number of halogens is 3. The van der Waals surface area contributed by atoms with Crippen molar-refractivity contribution in [1.29, 1.82) is 0 Å². The summed E-state index contributed by atoms with van der Waals surface area (Å²) in [6.45, 7) is 0. The number of nitrogens with one attached hydrogen (secondary N) is 1. The van der Waals surface area contributed by atoms with E-state index >= 15 is 4.39 Å². The highest BCUT2D eigenvalue weighted by atomic mass is 35.5. The molecule has 2 aromatic heterocycles. The zero-order valence-corrected chi connectivity index (χ0v) is 17.9. The van der Waals surface area contributed by atoms with Crippen LogP contribution in [-0.2, 0) is 10.0 Å². The molecule has 33 heavy (non-hydrogen) atoms. The predicted octanol–water partition coefficient (Wildman–Crippen LogP) is 4.16. The molecule has 4 aromatic rings. The number of aromatic carboxylic acids is 1. The molecule has 0 bridgehead atoms. The number of carbonyl (C=O) groups excluding carboxylic acids is 1. The number of rotatable bonds is 5. The van der Waals surface area contributed by atoms with Gasteiger partial charge in [0.05, 0.1) is 21.2 Å². The van der Waals surface area contributed by atoms with Crippen molar-refractivity contribution in [2.45, 2.75) is 4.90 Å². The highest BCUT2D eigenvalue weighted by Gasteiger charge is 2.26. The van der Waals surface area contributed by atoms with Gasteiger partial charge in [0.1, 0.15) is 17.0 Å². The average Bonchev–Trinajstić information content (AvgIpc) is 3.18. The topological polar surface area (TPSA) is 118 Å². The Kier molecular flexibility index (Phi) is 5.60. The fraction of sp³-hybridized carbons (Fsp3) is 0. The zero-order chi connectivity index (χ0) is 23.9. The van der Waals surface area contributed by atoms with Gasteiger partial charge in [-0.25, -0.2) is 27.0 Å². The molecule has 0 amide bonds. The third kappa shape index (κ3) is 4.15. The molecule has 0 aliphatic rings. The maximum Gasteiger partial charge on any atom is 0.335 e. The van der Waals surface area contributed by atoms with E-state index in [1.165, 1.54) is 36.7 Å². The standard InChI is InChI=1S/C21H12ClF2N3O5S/c22-13-8-11-6-7-27(19(11)25-10-13)20(28)17-15(23)4-5-16(18(17)24)26-33(31,32)14-3-1-2-12(9-14)21(29)30/h1-10,26H,(H,29,30). The van der Waals surface area contributed by atoms with Crippen LogP contribution in [0.25, 0.3) is 11.0 Å². The lowest BCUT2D eigenvalue weighted by atomic mass is 10.1. The lowest BCUT2D eigenvalue weighted by Crippen LogP contribution is -2.19. The first-order chi connectivity index (χ1) is 15.6. The molecule has 4 rings (SSSR count). The first kappa shape index (κ1) is 22.4. The average molecular weight is 492 g/mol. The van der Waals surface area contributed by atoms with Gasteiger partial charge in [-0.2, -0.15) is 0 Å². The quantitative estimate of drug-likeness (QED) is 0.433. The van der Waals surface area contributed by atoms with E-state index in [0.717, 1.165) is 28.8 Å². The number of nitrogens with zero attached hydrogens (tertiary/aromatic N) is 2.